The van der Waals surface area contributed by atoms with E-state index in [1.165, 1.54) is 17.4 Å². The van der Waals surface area contributed by atoms with Crippen molar-refractivity contribution in [3.05, 3.63) is 28.8 Å². The first-order valence-electron chi connectivity index (χ1n) is 6.70. The molecule has 1 aliphatic heterocycles. The molecule has 2 heterocycles. The maximum absolute atomic E-state index is 12.7. The highest BCUT2D eigenvalue weighted by Gasteiger charge is 2.30. The topological polar surface area (TPSA) is 24.9 Å². The molecule has 1 aromatic heterocycles. The van der Waals surface area contributed by atoms with E-state index >= 15 is 0 Å². The van der Waals surface area contributed by atoms with Gasteiger partial charge in [-0.2, -0.15) is 13.2 Å². The Bertz CT molecular complexity index is 600. The molecule has 0 saturated carbocycles. The lowest BCUT2D eigenvalue weighted by Gasteiger charge is -2.21. The van der Waals surface area contributed by atoms with Crippen LogP contribution in [0.15, 0.2) is 18.2 Å². The summed E-state index contributed by atoms with van der Waals surface area (Å²) in [5.74, 6) is 0.548. The Morgan fingerprint density at radius 2 is 2.20 bits per heavy atom. The fourth-order valence-corrected chi connectivity index (χ4v) is 3.65. The molecule has 1 N–H and O–H groups in total. The summed E-state index contributed by atoms with van der Waals surface area (Å²) in [4.78, 5) is 4.37. The number of halogens is 3. The highest BCUT2D eigenvalue weighted by molar-refractivity contribution is 7.18. The van der Waals surface area contributed by atoms with Crippen LogP contribution in [0.25, 0.3) is 10.2 Å². The molecule has 0 amide bonds. The first-order chi connectivity index (χ1) is 9.52. The molecule has 1 unspecified atom stereocenters. The van der Waals surface area contributed by atoms with Crippen molar-refractivity contribution >= 4 is 21.6 Å². The minimum atomic E-state index is -4.30. The van der Waals surface area contributed by atoms with Crippen molar-refractivity contribution in [2.45, 2.75) is 25.4 Å². The normalized spacial score (nSPS) is 20.4. The number of piperidine rings is 1. The van der Waals surface area contributed by atoms with Crippen LogP contribution in [0.2, 0.25) is 0 Å². The van der Waals surface area contributed by atoms with Gasteiger partial charge in [0, 0.05) is 6.42 Å². The van der Waals surface area contributed by atoms with Crippen molar-refractivity contribution in [3.8, 4) is 0 Å². The smallest absolute Gasteiger partial charge is 0.316 e. The molecule has 2 nitrogen and oxygen atoms in total. The van der Waals surface area contributed by atoms with E-state index in [0.717, 1.165) is 54.2 Å². The van der Waals surface area contributed by atoms with Crippen molar-refractivity contribution < 1.29 is 13.2 Å². The van der Waals surface area contributed by atoms with Gasteiger partial charge in [0.1, 0.15) is 0 Å². The van der Waals surface area contributed by atoms with Crippen LogP contribution in [0.5, 0.6) is 0 Å². The van der Waals surface area contributed by atoms with E-state index < -0.39 is 11.7 Å². The molecule has 1 fully saturated rings. The number of rotatable bonds is 2. The summed E-state index contributed by atoms with van der Waals surface area (Å²) in [6.07, 6.45) is -1.12. The minimum absolute atomic E-state index is 0.462. The maximum Gasteiger partial charge on any atom is 0.416 e. The molecule has 1 saturated heterocycles. The van der Waals surface area contributed by atoms with Gasteiger partial charge in [-0.1, -0.05) is 0 Å². The van der Waals surface area contributed by atoms with E-state index in [9.17, 15) is 13.2 Å². The molecule has 6 heteroatoms. The van der Waals surface area contributed by atoms with Crippen LogP contribution in [0.3, 0.4) is 0 Å². The molecular weight excluding hydrogens is 285 g/mol. The molecule has 2 aromatic rings. The van der Waals surface area contributed by atoms with Crippen LogP contribution in [0.1, 0.15) is 23.4 Å². The lowest BCUT2D eigenvalue weighted by Crippen LogP contribution is -2.30. The zero-order valence-corrected chi connectivity index (χ0v) is 11.7. The van der Waals surface area contributed by atoms with Gasteiger partial charge in [0.2, 0.25) is 0 Å². The Kier molecular flexibility index (Phi) is 3.69. The van der Waals surface area contributed by atoms with Gasteiger partial charge in [0.05, 0.1) is 20.8 Å². The fraction of sp³-hybridized carbons (Fsp3) is 0.500. The second kappa shape index (κ2) is 5.33. The van der Waals surface area contributed by atoms with Crippen LogP contribution >= 0.6 is 11.3 Å². The Balaban J connectivity index is 1.83. The lowest BCUT2D eigenvalue weighted by molar-refractivity contribution is -0.137. The molecule has 0 spiro atoms. The van der Waals surface area contributed by atoms with E-state index in [1.807, 2.05) is 0 Å². The predicted octanol–water partition coefficient (Wildman–Crippen LogP) is 3.86. The Labute approximate surface area is 119 Å². The Hall–Kier alpha value is -1.14. The third-order valence-corrected chi connectivity index (χ3v) is 4.68. The highest BCUT2D eigenvalue weighted by Crippen LogP contribution is 2.33. The number of hydrogen-bond acceptors (Lipinski definition) is 3. The molecule has 20 heavy (non-hydrogen) atoms. The number of fused-ring (bicyclic) bond motifs is 1. The van der Waals surface area contributed by atoms with Gasteiger partial charge in [-0.05, 0) is 50.0 Å². The van der Waals surface area contributed by atoms with Crippen LogP contribution in [-0.2, 0) is 12.6 Å². The second-order valence-corrected chi connectivity index (χ2v) is 6.32. The van der Waals surface area contributed by atoms with Crippen LogP contribution < -0.4 is 5.32 Å². The van der Waals surface area contributed by atoms with Gasteiger partial charge < -0.3 is 5.32 Å². The Morgan fingerprint density at radius 3 is 2.90 bits per heavy atom. The summed E-state index contributed by atoms with van der Waals surface area (Å²) in [7, 11) is 0. The van der Waals surface area contributed by atoms with Gasteiger partial charge in [0.15, 0.2) is 0 Å². The molecule has 1 aromatic carbocycles. The molecule has 3 rings (SSSR count). The molecule has 0 radical (unpaired) electrons. The van der Waals surface area contributed by atoms with Gasteiger partial charge in [-0.15, -0.1) is 11.3 Å². The quantitative estimate of drug-likeness (QED) is 0.911. The van der Waals surface area contributed by atoms with E-state index in [2.05, 4.69) is 10.3 Å². The summed E-state index contributed by atoms with van der Waals surface area (Å²) >= 11 is 1.50. The molecule has 0 aliphatic carbocycles. The summed E-state index contributed by atoms with van der Waals surface area (Å²) in [6.45, 7) is 2.04. The van der Waals surface area contributed by atoms with Crippen LogP contribution in [-0.4, -0.2) is 18.1 Å². The molecule has 108 valence electrons. The summed E-state index contributed by atoms with van der Waals surface area (Å²) in [5, 5.41) is 4.28. The zero-order valence-electron chi connectivity index (χ0n) is 10.8. The SMILES string of the molecule is FC(F)(F)c1ccc2sc(CC3CCCNC3)nc2c1. The van der Waals surface area contributed by atoms with E-state index in [-0.39, 0.29) is 0 Å². The average molecular weight is 300 g/mol. The zero-order chi connectivity index (χ0) is 14.2. The molecule has 0 bridgehead atoms. The van der Waals surface area contributed by atoms with Crippen molar-refractivity contribution in [3.63, 3.8) is 0 Å². The lowest BCUT2D eigenvalue weighted by atomic mass is 9.97. The van der Waals surface area contributed by atoms with Gasteiger partial charge >= 0.3 is 6.18 Å². The number of thiazole rings is 1. The molecule has 1 atom stereocenters. The largest absolute Gasteiger partial charge is 0.416 e. The number of hydrogen-bond donors (Lipinski definition) is 1. The number of benzene rings is 1. The highest BCUT2D eigenvalue weighted by atomic mass is 32.1. The summed E-state index contributed by atoms with van der Waals surface area (Å²) in [5.41, 5.74) is -0.162. The second-order valence-electron chi connectivity index (χ2n) is 5.20. The number of nitrogens with zero attached hydrogens (tertiary/aromatic N) is 1. The summed E-state index contributed by atoms with van der Waals surface area (Å²) in [6, 6.07) is 3.80. The first kappa shape index (κ1) is 13.8. The van der Waals surface area contributed by atoms with Gasteiger partial charge in [0.25, 0.3) is 0 Å². The fourth-order valence-electron chi connectivity index (χ4n) is 2.58. The summed E-state index contributed by atoms with van der Waals surface area (Å²) < 4.78 is 38.8. The number of nitrogens with one attached hydrogen (secondary N) is 1. The maximum atomic E-state index is 12.7. The average Bonchev–Trinajstić information content (AvgIpc) is 2.80. The van der Waals surface area contributed by atoms with Gasteiger partial charge in [-0.25, -0.2) is 4.98 Å². The molecule has 1 aliphatic rings. The van der Waals surface area contributed by atoms with Crippen molar-refractivity contribution in [2.75, 3.05) is 13.1 Å². The van der Waals surface area contributed by atoms with Crippen molar-refractivity contribution in [2.24, 2.45) is 5.92 Å². The van der Waals surface area contributed by atoms with Crippen LogP contribution in [0, 0.1) is 5.92 Å². The first-order valence-corrected chi connectivity index (χ1v) is 7.51. The van der Waals surface area contributed by atoms with Crippen LogP contribution in [0.4, 0.5) is 13.2 Å². The Morgan fingerprint density at radius 1 is 1.35 bits per heavy atom. The van der Waals surface area contributed by atoms with Gasteiger partial charge in [-0.3, -0.25) is 0 Å². The predicted molar refractivity (Wildman–Crippen MR) is 73.9 cm³/mol. The van der Waals surface area contributed by atoms with Crippen molar-refractivity contribution in [1.82, 2.24) is 10.3 Å². The number of aromatic nitrogens is 1. The third-order valence-electron chi connectivity index (χ3n) is 3.62. The minimum Gasteiger partial charge on any atom is -0.316 e. The number of alkyl halides is 3. The van der Waals surface area contributed by atoms with E-state index in [1.54, 1.807) is 0 Å². The standard InChI is InChI=1S/C14H15F3N2S/c15-14(16,17)10-3-4-12-11(7-10)19-13(20-12)6-9-2-1-5-18-8-9/h3-4,7,9,18H,1-2,5-6,8H2. The van der Waals surface area contributed by atoms with E-state index in [4.69, 9.17) is 0 Å². The monoisotopic (exact) mass is 300 g/mol. The van der Waals surface area contributed by atoms with Crippen molar-refractivity contribution in [1.29, 1.82) is 0 Å². The molecular formula is C14H15F3N2S. The van der Waals surface area contributed by atoms with E-state index in [0.29, 0.717) is 11.4 Å². The third kappa shape index (κ3) is 2.96.